The number of nitrogens with two attached hydrogens (primary N) is 1. The molecular formula is C23H27FN4O. The monoisotopic (exact) mass is 394 g/mol. The lowest BCUT2D eigenvalue weighted by Gasteiger charge is -2.36. The zero-order valence-electron chi connectivity index (χ0n) is 16.7. The van der Waals surface area contributed by atoms with Crippen LogP contribution in [0, 0.1) is 12.7 Å². The first-order valence-corrected chi connectivity index (χ1v) is 10.1. The van der Waals surface area contributed by atoms with E-state index in [1.165, 1.54) is 23.4 Å². The minimum absolute atomic E-state index is 0.282. The molecule has 1 fully saturated rings. The first kappa shape index (κ1) is 19.5. The minimum Gasteiger partial charge on any atom is -0.398 e. The standard InChI is InChI=1S/C23H27FN4O/c1-16-5-2-3-7-22(16)28-11-9-27(10-12-28)8-4-6-18-15-19-20(23(29)26-18)13-17(24)14-21(19)25/h2-3,5,7,13-15H,4,6,8-12,25H2,1H3,(H,26,29). The van der Waals surface area contributed by atoms with Crippen LogP contribution in [0.25, 0.3) is 10.8 Å². The van der Waals surface area contributed by atoms with E-state index in [0.717, 1.165) is 51.3 Å². The van der Waals surface area contributed by atoms with Crippen LogP contribution in [0.2, 0.25) is 0 Å². The molecule has 152 valence electrons. The van der Waals surface area contributed by atoms with Gasteiger partial charge < -0.3 is 15.6 Å². The molecule has 0 saturated carbocycles. The average Bonchev–Trinajstić information content (AvgIpc) is 2.70. The lowest BCUT2D eigenvalue weighted by Crippen LogP contribution is -2.46. The normalized spacial score (nSPS) is 15.2. The van der Waals surface area contributed by atoms with E-state index in [2.05, 4.69) is 46.0 Å². The Bertz CT molecular complexity index is 1070. The van der Waals surface area contributed by atoms with Gasteiger partial charge in [0.25, 0.3) is 5.56 Å². The molecular weight excluding hydrogens is 367 g/mol. The number of nitrogens with one attached hydrogen (secondary N) is 1. The van der Waals surface area contributed by atoms with Crippen LogP contribution in [-0.4, -0.2) is 42.6 Å². The predicted molar refractivity (Wildman–Crippen MR) is 117 cm³/mol. The first-order valence-electron chi connectivity index (χ1n) is 10.1. The smallest absolute Gasteiger partial charge is 0.256 e. The van der Waals surface area contributed by atoms with Gasteiger partial charge in [0.15, 0.2) is 0 Å². The van der Waals surface area contributed by atoms with Crippen molar-refractivity contribution in [3.8, 4) is 0 Å². The summed E-state index contributed by atoms with van der Waals surface area (Å²) in [5.41, 5.74) is 9.42. The summed E-state index contributed by atoms with van der Waals surface area (Å²) < 4.78 is 13.5. The number of para-hydroxylation sites is 1. The van der Waals surface area contributed by atoms with Crippen molar-refractivity contribution < 1.29 is 4.39 Å². The van der Waals surface area contributed by atoms with E-state index in [9.17, 15) is 9.18 Å². The Morgan fingerprint density at radius 1 is 1.07 bits per heavy atom. The number of anilines is 2. The molecule has 3 N–H and O–H groups in total. The molecule has 1 aliphatic heterocycles. The molecule has 0 unspecified atom stereocenters. The van der Waals surface area contributed by atoms with Gasteiger partial charge in [0.2, 0.25) is 0 Å². The molecule has 1 saturated heterocycles. The first-order chi connectivity index (χ1) is 14.0. The van der Waals surface area contributed by atoms with Crippen LogP contribution in [-0.2, 0) is 6.42 Å². The van der Waals surface area contributed by atoms with Gasteiger partial charge in [-0.3, -0.25) is 9.69 Å². The van der Waals surface area contributed by atoms with E-state index in [-0.39, 0.29) is 5.56 Å². The largest absolute Gasteiger partial charge is 0.398 e. The van der Waals surface area contributed by atoms with E-state index < -0.39 is 5.82 Å². The lowest BCUT2D eigenvalue weighted by atomic mass is 10.1. The van der Waals surface area contributed by atoms with Crippen LogP contribution < -0.4 is 16.2 Å². The summed E-state index contributed by atoms with van der Waals surface area (Å²) in [6.07, 6.45) is 1.72. The van der Waals surface area contributed by atoms with Crippen LogP contribution in [0.4, 0.5) is 15.8 Å². The summed E-state index contributed by atoms with van der Waals surface area (Å²) in [6, 6.07) is 12.9. The van der Waals surface area contributed by atoms with Crippen molar-refractivity contribution in [3.05, 3.63) is 69.9 Å². The number of piperazine rings is 1. The Morgan fingerprint density at radius 2 is 1.83 bits per heavy atom. The highest BCUT2D eigenvalue weighted by atomic mass is 19.1. The summed E-state index contributed by atoms with van der Waals surface area (Å²) in [5, 5.41) is 0.926. The van der Waals surface area contributed by atoms with Crippen LogP contribution in [0.1, 0.15) is 17.7 Å². The fourth-order valence-corrected chi connectivity index (χ4v) is 4.17. The molecule has 6 heteroatoms. The third-order valence-corrected chi connectivity index (χ3v) is 5.76. The van der Waals surface area contributed by atoms with E-state index in [0.29, 0.717) is 16.5 Å². The topological polar surface area (TPSA) is 65.4 Å². The number of nitrogen functional groups attached to an aromatic ring is 1. The molecule has 5 nitrogen and oxygen atoms in total. The molecule has 0 spiro atoms. The number of H-pyrrole nitrogens is 1. The summed E-state index contributed by atoms with van der Waals surface area (Å²) in [4.78, 5) is 20.1. The zero-order valence-corrected chi connectivity index (χ0v) is 16.7. The molecule has 0 aliphatic carbocycles. The van der Waals surface area contributed by atoms with Crippen molar-refractivity contribution in [3.63, 3.8) is 0 Å². The fraction of sp³-hybridized carbons (Fsp3) is 0.348. The number of aryl methyl sites for hydroxylation is 2. The van der Waals surface area contributed by atoms with E-state index in [1.807, 2.05) is 6.07 Å². The van der Waals surface area contributed by atoms with Gasteiger partial charge in [0.05, 0.1) is 5.39 Å². The Hall–Kier alpha value is -2.86. The number of hydrogen-bond acceptors (Lipinski definition) is 4. The van der Waals surface area contributed by atoms with Crippen molar-refractivity contribution in [2.24, 2.45) is 0 Å². The molecule has 3 aromatic rings. The highest BCUT2D eigenvalue weighted by Gasteiger charge is 2.18. The van der Waals surface area contributed by atoms with E-state index >= 15 is 0 Å². The molecule has 1 aliphatic rings. The van der Waals surface area contributed by atoms with Gasteiger partial charge in [-0.1, -0.05) is 18.2 Å². The molecule has 0 radical (unpaired) electrons. The molecule has 2 aromatic carbocycles. The number of rotatable bonds is 5. The van der Waals surface area contributed by atoms with Gasteiger partial charge in [-0.05, 0) is 56.1 Å². The second-order valence-electron chi connectivity index (χ2n) is 7.80. The maximum absolute atomic E-state index is 13.5. The van der Waals surface area contributed by atoms with Gasteiger partial charge in [0.1, 0.15) is 5.82 Å². The predicted octanol–water partition coefficient (Wildman–Crippen LogP) is 3.31. The molecule has 29 heavy (non-hydrogen) atoms. The Balaban J connectivity index is 1.33. The Morgan fingerprint density at radius 3 is 2.59 bits per heavy atom. The number of hydrogen-bond donors (Lipinski definition) is 2. The Kier molecular flexibility index (Phi) is 5.53. The van der Waals surface area contributed by atoms with Crippen LogP contribution in [0.15, 0.2) is 47.3 Å². The number of aromatic amines is 1. The number of aromatic nitrogens is 1. The summed E-state index contributed by atoms with van der Waals surface area (Å²) in [6.45, 7) is 7.27. The molecule has 1 aromatic heterocycles. The second-order valence-corrected chi connectivity index (χ2v) is 7.80. The number of pyridine rings is 1. The number of benzene rings is 2. The quantitative estimate of drug-likeness (QED) is 0.652. The second kappa shape index (κ2) is 8.25. The Labute approximate surface area is 169 Å². The third-order valence-electron chi connectivity index (χ3n) is 5.76. The number of fused-ring (bicyclic) bond motifs is 1. The van der Waals surface area contributed by atoms with Gasteiger partial charge >= 0.3 is 0 Å². The van der Waals surface area contributed by atoms with Crippen molar-refractivity contribution in [1.29, 1.82) is 0 Å². The summed E-state index contributed by atoms with van der Waals surface area (Å²) in [7, 11) is 0. The van der Waals surface area contributed by atoms with Crippen molar-refractivity contribution in [1.82, 2.24) is 9.88 Å². The maximum atomic E-state index is 13.5. The molecule has 0 atom stereocenters. The third kappa shape index (κ3) is 4.27. The van der Waals surface area contributed by atoms with Crippen LogP contribution >= 0.6 is 0 Å². The summed E-state index contributed by atoms with van der Waals surface area (Å²) >= 11 is 0. The SMILES string of the molecule is Cc1ccccc1N1CCN(CCCc2cc3c(N)cc(F)cc3c(=O)[nH]2)CC1. The summed E-state index contributed by atoms with van der Waals surface area (Å²) in [5.74, 6) is -0.488. The highest BCUT2D eigenvalue weighted by molar-refractivity contribution is 5.92. The van der Waals surface area contributed by atoms with Crippen molar-refractivity contribution in [2.45, 2.75) is 19.8 Å². The molecule has 0 bridgehead atoms. The van der Waals surface area contributed by atoms with Crippen LogP contribution in [0.5, 0.6) is 0 Å². The van der Waals surface area contributed by atoms with Gasteiger partial charge in [-0.2, -0.15) is 0 Å². The molecule has 0 amide bonds. The van der Waals surface area contributed by atoms with Crippen molar-refractivity contribution in [2.75, 3.05) is 43.4 Å². The fourth-order valence-electron chi connectivity index (χ4n) is 4.17. The van der Waals surface area contributed by atoms with Gasteiger partial charge in [-0.25, -0.2) is 4.39 Å². The van der Waals surface area contributed by atoms with Gasteiger partial charge in [0, 0.05) is 48.6 Å². The maximum Gasteiger partial charge on any atom is 0.256 e. The zero-order chi connectivity index (χ0) is 20.4. The van der Waals surface area contributed by atoms with E-state index in [4.69, 9.17) is 5.73 Å². The van der Waals surface area contributed by atoms with Crippen molar-refractivity contribution >= 4 is 22.1 Å². The number of halogens is 1. The number of nitrogens with zero attached hydrogens (tertiary/aromatic N) is 2. The lowest BCUT2D eigenvalue weighted by molar-refractivity contribution is 0.255. The van der Waals surface area contributed by atoms with Crippen LogP contribution in [0.3, 0.4) is 0 Å². The molecule has 4 rings (SSSR count). The van der Waals surface area contributed by atoms with Gasteiger partial charge in [-0.15, -0.1) is 0 Å². The van der Waals surface area contributed by atoms with E-state index in [1.54, 1.807) is 0 Å². The molecule has 2 heterocycles. The highest BCUT2D eigenvalue weighted by Crippen LogP contribution is 2.22. The minimum atomic E-state index is -0.488. The average molecular weight is 394 g/mol.